The Labute approximate surface area is 147 Å². The molecule has 0 spiro atoms. The lowest BCUT2D eigenvalue weighted by atomic mass is 10.2. The van der Waals surface area contributed by atoms with E-state index >= 15 is 0 Å². The van der Waals surface area contributed by atoms with Gasteiger partial charge in [-0.15, -0.1) is 0 Å². The summed E-state index contributed by atoms with van der Waals surface area (Å²) in [6.45, 7) is 0.901. The molecule has 128 valence electrons. The molecule has 0 atom stereocenters. The molecule has 0 fully saturated rings. The summed E-state index contributed by atoms with van der Waals surface area (Å²) in [7, 11) is 0. The van der Waals surface area contributed by atoms with Crippen LogP contribution in [0, 0.1) is 10.1 Å². The molecule has 3 rings (SSSR count). The molecule has 25 heavy (non-hydrogen) atoms. The first kappa shape index (κ1) is 16.7. The van der Waals surface area contributed by atoms with Crippen molar-refractivity contribution >= 4 is 29.4 Å². The van der Waals surface area contributed by atoms with E-state index in [0.29, 0.717) is 30.3 Å². The third kappa shape index (κ3) is 3.69. The van der Waals surface area contributed by atoms with E-state index in [4.69, 9.17) is 21.1 Å². The number of para-hydroxylation sites is 1. The molecular weight excluding hydrogens is 350 g/mol. The van der Waals surface area contributed by atoms with Crippen LogP contribution in [0.1, 0.15) is 15.9 Å². The van der Waals surface area contributed by atoms with E-state index in [1.54, 1.807) is 18.2 Å². The van der Waals surface area contributed by atoms with Gasteiger partial charge in [0.1, 0.15) is 18.2 Å². The topological polar surface area (TPSA) is 103 Å². The molecule has 1 aliphatic heterocycles. The van der Waals surface area contributed by atoms with Crippen LogP contribution in [-0.4, -0.2) is 30.3 Å². The minimum atomic E-state index is -0.657. The third-order valence-electron chi connectivity index (χ3n) is 3.37. The number of nitrogens with zero attached hydrogens (tertiary/aromatic N) is 2. The minimum Gasteiger partial charge on any atom is -0.486 e. The SMILES string of the molecule is O=C(N/N=C\c1cccc2c1OCCO2)c1ccc(Cl)c([N+](=O)[O-])c1. The van der Waals surface area contributed by atoms with Crippen molar-refractivity contribution in [1.82, 2.24) is 5.43 Å². The number of hydrazone groups is 1. The van der Waals surface area contributed by atoms with Gasteiger partial charge < -0.3 is 9.47 Å². The smallest absolute Gasteiger partial charge is 0.288 e. The van der Waals surface area contributed by atoms with E-state index < -0.39 is 10.8 Å². The lowest BCUT2D eigenvalue weighted by Crippen LogP contribution is -2.19. The number of ether oxygens (including phenoxy) is 2. The summed E-state index contributed by atoms with van der Waals surface area (Å²) in [5.74, 6) is 0.557. The fourth-order valence-corrected chi connectivity index (χ4v) is 2.40. The van der Waals surface area contributed by atoms with Crippen molar-refractivity contribution in [3.05, 3.63) is 62.7 Å². The Morgan fingerprint density at radius 1 is 1.28 bits per heavy atom. The predicted octanol–water partition coefficient (Wildman–Crippen LogP) is 2.78. The second kappa shape index (κ2) is 7.18. The number of hydrogen-bond donors (Lipinski definition) is 1. The maximum atomic E-state index is 12.1. The average Bonchev–Trinajstić information content (AvgIpc) is 2.62. The molecule has 1 aliphatic rings. The molecular formula is C16H12ClN3O5. The summed E-state index contributed by atoms with van der Waals surface area (Å²) in [6, 6.07) is 9.07. The molecule has 2 aromatic rings. The average molecular weight is 362 g/mol. The van der Waals surface area contributed by atoms with Crippen LogP contribution >= 0.6 is 11.6 Å². The molecule has 2 aromatic carbocycles. The molecule has 1 heterocycles. The highest BCUT2D eigenvalue weighted by Crippen LogP contribution is 2.32. The maximum absolute atomic E-state index is 12.1. The quantitative estimate of drug-likeness (QED) is 0.512. The molecule has 9 heteroatoms. The van der Waals surface area contributed by atoms with Gasteiger partial charge in [0.25, 0.3) is 11.6 Å². The van der Waals surface area contributed by atoms with Gasteiger partial charge in [-0.25, -0.2) is 5.43 Å². The van der Waals surface area contributed by atoms with E-state index in [2.05, 4.69) is 10.5 Å². The third-order valence-corrected chi connectivity index (χ3v) is 3.69. The van der Waals surface area contributed by atoms with Crippen LogP contribution in [0.3, 0.4) is 0 Å². The maximum Gasteiger partial charge on any atom is 0.288 e. The second-order valence-corrected chi connectivity index (χ2v) is 5.40. The number of benzene rings is 2. The minimum absolute atomic E-state index is 0.0434. The van der Waals surface area contributed by atoms with E-state index in [9.17, 15) is 14.9 Å². The Bertz CT molecular complexity index is 869. The number of nitrogens with one attached hydrogen (secondary N) is 1. The predicted molar refractivity (Wildman–Crippen MR) is 90.6 cm³/mol. The van der Waals surface area contributed by atoms with E-state index in [-0.39, 0.29) is 16.3 Å². The van der Waals surface area contributed by atoms with Crippen LogP contribution in [0.15, 0.2) is 41.5 Å². The molecule has 0 saturated heterocycles. The molecule has 1 N–H and O–H groups in total. The summed E-state index contributed by atoms with van der Waals surface area (Å²) in [5, 5.41) is 14.7. The van der Waals surface area contributed by atoms with Crippen LogP contribution in [0.4, 0.5) is 5.69 Å². The van der Waals surface area contributed by atoms with Gasteiger partial charge in [-0.1, -0.05) is 17.7 Å². The summed E-state index contributed by atoms with van der Waals surface area (Å²) in [5.41, 5.74) is 2.67. The summed E-state index contributed by atoms with van der Waals surface area (Å²) in [6.07, 6.45) is 1.41. The molecule has 0 aromatic heterocycles. The Hall–Kier alpha value is -3.13. The van der Waals surface area contributed by atoms with Crippen LogP contribution < -0.4 is 14.9 Å². The van der Waals surface area contributed by atoms with E-state index in [1.165, 1.54) is 18.3 Å². The van der Waals surface area contributed by atoms with E-state index in [1.807, 2.05) is 0 Å². The lowest BCUT2D eigenvalue weighted by molar-refractivity contribution is -0.384. The fourth-order valence-electron chi connectivity index (χ4n) is 2.22. The number of amides is 1. The fraction of sp³-hybridized carbons (Fsp3) is 0.125. The van der Waals surface area contributed by atoms with Crippen molar-refractivity contribution in [3.8, 4) is 11.5 Å². The highest BCUT2D eigenvalue weighted by Gasteiger charge is 2.17. The van der Waals surface area contributed by atoms with Crippen LogP contribution in [0.5, 0.6) is 11.5 Å². The Balaban J connectivity index is 1.74. The number of halogens is 1. The number of carbonyl (C=O) groups excluding carboxylic acids is 1. The summed E-state index contributed by atoms with van der Waals surface area (Å²) < 4.78 is 11.0. The standard InChI is InChI=1S/C16H12ClN3O5/c17-12-5-4-10(8-13(12)20(22)23)16(21)19-18-9-11-2-1-3-14-15(11)25-7-6-24-14/h1-5,8-9H,6-7H2,(H,19,21)/b18-9-. The second-order valence-electron chi connectivity index (χ2n) is 4.99. The number of fused-ring (bicyclic) bond motifs is 1. The van der Waals surface area contributed by atoms with Gasteiger partial charge in [0.2, 0.25) is 0 Å². The zero-order valence-electron chi connectivity index (χ0n) is 12.8. The molecule has 0 bridgehead atoms. The first-order valence-electron chi connectivity index (χ1n) is 7.22. The number of rotatable bonds is 4. The van der Waals surface area contributed by atoms with Gasteiger partial charge in [-0.05, 0) is 24.3 Å². The van der Waals surface area contributed by atoms with Gasteiger partial charge in [0.15, 0.2) is 11.5 Å². The zero-order chi connectivity index (χ0) is 17.8. The molecule has 8 nitrogen and oxygen atoms in total. The van der Waals surface area contributed by atoms with Crippen molar-refractivity contribution < 1.29 is 19.2 Å². The molecule has 0 radical (unpaired) electrons. The van der Waals surface area contributed by atoms with Crippen LogP contribution in [0.2, 0.25) is 5.02 Å². The van der Waals surface area contributed by atoms with Crippen molar-refractivity contribution in [2.24, 2.45) is 5.10 Å². The number of carbonyl (C=O) groups is 1. The largest absolute Gasteiger partial charge is 0.486 e. The highest BCUT2D eigenvalue weighted by molar-refractivity contribution is 6.32. The van der Waals surface area contributed by atoms with E-state index in [0.717, 1.165) is 6.07 Å². The van der Waals surface area contributed by atoms with Gasteiger partial charge in [0.05, 0.1) is 11.1 Å². The van der Waals surface area contributed by atoms with Crippen molar-refractivity contribution in [2.75, 3.05) is 13.2 Å². The van der Waals surface area contributed by atoms with Crippen LogP contribution in [0.25, 0.3) is 0 Å². The lowest BCUT2D eigenvalue weighted by Gasteiger charge is -2.19. The van der Waals surface area contributed by atoms with Crippen molar-refractivity contribution in [3.63, 3.8) is 0 Å². The molecule has 1 amide bonds. The molecule has 0 aliphatic carbocycles. The summed E-state index contributed by atoms with van der Waals surface area (Å²) in [4.78, 5) is 22.3. The first-order chi connectivity index (χ1) is 12.1. The van der Waals surface area contributed by atoms with Gasteiger partial charge in [0, 0.05) is 17.2 Å². The highest BCUT2D eigenvalue weighted by atomic mass is 35.5. The van der Waals surface area contributed by atoms with Crippen LogP contribution in [-0.2, 0) is 0 Å². The Morgan fingerprint density at radius 3 is 2.88 bits per heavy atom. The Morgan fingerprint density at radius 2 is 2.08 bits per heavy atom. The van der Waals surface area contributed by atoms with Crippen molar-refractivity contribution in [1.29, 1.82) is 0 Å². The first-order valence-corrected chi connectivity index (χ1v) is 7.60. The van der Waals surface area contributed by atoms with Gasteiger partial charge in [-0.2, -0.15) is 5.10 Å². The monoisotopic (exact) mass is 361 g/mol. The molecule has 0 unspecified atom stereocenters. The normalized spacial score (nSPS) is 12.8. The van der Waals surface area contributed by atoms with Crippen molar-refractivity contribution in [2.45, 2.75) is 0 Å². The number of nitro benzene ring substituents is 1. The summed E-state index contributed by atoms with van der Waals surface area (Å²) >= 11 is 5.72. The zero-order valence-corrected chi connectivity index (χ0v) is 13.5. The molecule has 0 saturated carbocycles. The van der Waals surface area contributed by atoms with Gasteiger partial charge in [-0.3, -0.25) is 14.9 Å². The number of hydrogen-bond acceptors (Lipinski definition) is 6. The van der Waals surface area contributed by atoms with Gasteiger partial charge >= 0.3 is 0 Å². The Kier molecular flexibility index (Phi) is 4.80. The number of nitro groups is 1.